The van der Waals surface area contributed by atoms with Crippen molar-refractivity contribution in [2.45, 2.75) is 129 Å². The summed E-state index contributed by atoms with van der Waals surface area (Å²) in [5.74, 6) is -2.73. The summed E-state index contributed by atoms with van der Waals surface area (Å²) in [5.41, 5.74) is -0.916. The average Bonchev–Trinajstić information content (AvgIpc) is 3.01. The summed E-state index contributed by atoms with van der Waals surface area (Å²) < 4.78 is 18.6. The number of carbonyl (C=O) groups is 2. The van der Waals surface area contributed by atoms with Crippen molar-refractivity contribution >= 4 is 11.9 Å². The van der Waals surface area contributed by atoms with Gasteiger partial charge in [-0.3, -0.25) is 9.68 Å². The molecule has 0 aromatic heterocycles. The molecule has 8 unspecified atom stereocenters. The van der Waals surface area contributed by atoms with Gasteiger partial charge < -0.3 is 29.5 Å². The molecule has 1 fully saturated rings. The number of phenolic OH excluding ortho intramolecular Hbond substituents is 1. The Balaban J connectivity index is 1.70. The van der Waals surface area contributed by atoms with Crippen molar-refractivity contribution in [3.05, 3.63) is 40.0 Å². The van der Waals surface area contributed by atoms with Crippen molar-refractivity contribution in [1.82, 2.24) is 0 Å². The summed E-state index contributed by atoms with van der Waals surface area (Å²) in [5, 5.41) is 35.2. The van der Waals surface area contributed by atoms with Crippen molar-refractivity contribution in [2.24, 2.45) is 17.3 Å². The van der Waals surface area contributed by atoms with Gasteiger partial charge in [-0.25, -0.2) is 4.79 Å². The van der Waals surface area contributed by atoms with Crippen molar-refractivity contribution < 1.29 is 48.9 Å². The average molecular weight is 631 g/mol. The third kappa shape index (κ3) is 5.82. The third-order valence-corrected chi connectivity index (χ3v) is 11.0. The topological polar surface area (TPSA) is 141 Å². The lowest BCUT2D eigenvalue weighted by atomic mass is 9.47. The van der Waals surface area contributed by atoms with E-state index in [1.807, 2.05) is 19.9 Å². The summed E-state index contributed by atoms with van der Waals surface area (Å²) in [6, 6.07) is 1.63. The number of benzene rings is 1. The first kappa shape index (κ1) is 33.9. The zero-order valence-electron chi connectivity index (χ0n) is 27.7. The van der Waals surface area contributed by atoms with Gasteiger partial charge in [-0.2, -0.15) is 4.89 Å². The van der Waals surface area contributed by atoms with E-state index in [0.717, 1.165) is 43.2 Å². The summed E-state index contributed by atoms with van der Waals surface area (Å²) in [6.45, 7) is 10.7. The van der Waals surface area contributed by atoms with Gasteiger partial charge >= 0.3 is 11.9 Å². The van der Waals surface area contributed by atoms with E-state index in [4.69, 9.17) is 24.0 Å². The molecule has 0 spiro atoms. The maximum atomic E-state index is 13.4. The zero-order chi connectivity index (χ0) is 32.9. The number of rotatable bonds is 8. The molecule has 2 heterocycles. The molecule has 250 valence electrons. The van der Waals surface area contributed by atoms with Gasteiger partial charge in [-0.1, -0.05) is 52.5 Å². The van der Waals surface area contributed by atoms with E-state index >= 15 is 0 Å². The van der Waals surface area contributed by atoms with Crippen molar-refractivity contribution in [1.29, 1.82) is 0 Å². The maximum Gasteiger partial charge on any atom is 0.377 e. The van der Waals surface area contributed by atoms with Crippen molar-refractivity contribution in [2.75, 3.05) is 13.7 Å². The number of unbranched alkanes of at least 4 members (excludes halogenated alkanes) is 3. The minimum Gasteiger partial charge on any atom is -0.507 e. The van der Waals surface area contributed by atoms with Crippen LogP contribution < -0.4 is 0 Å². The Morgan fingerprint density at radius 3 is 2.53 bits per heavy atom. The van der Waals surface area contributed by atoms with Crippen molar-refractivity contribution in [3.63, 3.8) is 0 Å². The molecule has 45 heavy (non-hydrogen) atoms. The van der Waals surface area contributed by atoms with Crippen LogP contribution in [0.2, 0.25) is 0 Å². The molecule has 10 heteroatoms. The fraction of sp³-hybridized carbons (Fsp3) is 0.714. The highest BCUT2D eigenvalue weighted by molar-refractivity contribution is 5.94. The highest BCUT2D eigenvalue weighted by atomic mass is 17.2. The first-order valence-electron chi connectivity index (χ1n) is 16.4. The minimum absolute atomic E-state index is 0.00161. The van der Waals surface area contributed by atoms with Crippen LogP contribution >= 0.6 is 0 Å². The Hall–Kier alpha value is -2.50. The van der Waals surface area contributed by atoms with E-state index in [1.54, 1.807) is 27.0 Å². The molecule has 1 aromatic rings. The number of aromatic hydroxyl groups is 1. The molecule has 0 saturated heterocycles. The van der Waals surface area contributed by atoms with Gasteiger partial charge in [-0.15, -0.1) is 0 Å². The molecule has 2 aliphatic carbocycles. The van der Waals surface area contributed by atoms with Gasteiger partial charge in [0.1, 0.15) is 29.1 Å². The highest BCUT2D eigenvalue weighted by Crippen LogP contribution is 2.61. The molecule has 10 nitrogen and oxygen atoms in total. The van der Waals surface area contributed by atoms with Crippen molar-refractivity contribution in [3.8, 4) is 5.75 Å². The maximum absolute atomic E-state index is 13.4. The molecule has 4 aliphatic rings. The lowest BCUT2D eigenvalue weighted by molar-refractivity contribution is -0.353. The molecule has 2 aliphatic heterocycles. The third-order valence-electron chi connectivity index (χ3n) is 11.0. The van der Waals surface area contributed by atoms with Crippen LogP contribution in [-0.2, 0) is 35.2 Å². The van der Waals surface area contributed by atoms with Gasteiger partial charge in [0.25, 0.3) is 0 Å². The quantitative estimate of drug-likeness (QED) is 0.152. The van der Waals surface area contributed by atoms with Crippen LogP contribution in [0.1, 0.15) is 113 Å². The number of aliphatic hydroxyl groups excluding tert-OH is 1. The van der Waals surface area contributed by atoms with Gasteiger partial charge in [0.15, 0.2) is 0 Å². The largest absolute Gasteiger partial charge is 0.507 e. The molecule has 2 bridgehead atoms. The SMILES string of the molecule is CCCCCCC1Cc2cc(O)c3c(C)c2C(O1)C1C(OC)C=C(COC(C)=O)C2CC(C)(C)C2(O)C(O)CC1(C)OOC3=O. The van der Waals surface area contributed by atoms with E-state index in [-0.39, 0.29) is 30.4 Å². The lowest BCUT2D eigenvalue weighted by Gasteiger charge is -2.61. The van der Waals surface area contributed by atoms with Crippen LogP contribution in [0.15, 0.2) is 17.7 Å². The number of methoxy groups -OCH3 is 1. The molecule has 1 saturated carbocycles. The second-order valence-electron chi connectivity index (χ2n) is 14.4. The highest BCUT2D eigenvalue weighted by Gasteiger charge is 2.67. The number of phenols is 1. The van der Waals surface area contributed by atoms with E-state index in [0.29, 0.717) is 24.0 Å². The number of fused-ring (bicyclic) bond motifs is 4. The molecule has 5 rings (SSSR count). The second kappa shape index (κ2) is 12.6. The Morgan fingerprint density at radius 2 is 1.89 bits per heavy atom. The molecule has 0 amide bonds. The molecular weight excluding hydrogens is 580 g/mol. The monoisotopic (exact) mass is 630 g/mol. The number of carbonyl (C=O) groups excluding carboxylic acids is 2. The molecule has 0 radical (unpaired) electrons. The van der Waals surface area contributed by atoms with E-state index in [9.17, 15) is 24.9 Å². The normalized spacial score (nSPS) is 35.4. The second-order valence-corrected chi connectivity index (χ2v) is 14.4. The smallest absolute Gasteiger partial charge is 0.377 e. The van der Waals surface area contributed by atoms with Crippen LogP contribution in [0.25, 0.3) is 0 Å². The summed E-state index contributed by atoms with van der Waals surface area (Å²) >= 11 is 0. The predicted octanol–water partition coefficient (Wildman–Crippen LogP) is 5.18. The molecular formula is C35H50O10. The van der Waals surface area contributed by atoms with Crippen LogP contribution in [0.4, 0.5) is 0 Å². The lowest BCUT2D eigenvalue weighted by Crippen LogP contribution is -2.69. The van der Waals surface area contributed by atoms with E-state index < -0.39 is 58.7 Å². The molecule has 1 aromatic carbocycles. The van der Waals surface area contributed by atoms with E-state index in [1.165, 1.54) is 6.92 Å². The first-order chi connectivity index (χ1) is 21.2. The van der Waals surface area contributed by atoms with Crippen LogP contribution in [0, 0.1) is 24.2 Å². The van der Waals surface area contributed by atoms with Crippen LogP contribution in [-0.4, -0.2) is 70.5 Å². The minimum atomic E-state index is -1.60. The fourth-order valence-electron chi connectivity index (χ4n) is 8.53. The van der Waals surface area contributed by atoms with Gasteiger partial charge in [0, 0.05) is 26.4 Å². The van der Waals surface area contributed by atoms with Crippen LogP contribution in [0.5, 0.6) is 5.75 Å². The number of esters is 1. The van der Waals surface area contributed by atoms with Gasteiger partial charge in [0.05, 0.1) is 30.3 Å². The first-order valence-corrected chi connectivity index (χ1v) is 16.4. The Labute approximate surface area is 266 Å². The summed E-state index contributed by atoms with van der Waals surface area (Å²) in [6.07, 6.45) is 5.05. The number of hydrogen-bond donors (Lipinski definition) is 3. The Bertz CT molecular complexity index is 1340. The predicted molar refractivity (Wildman–Crippen MR) is 164 cm³/mol. The van der Waals surface area contributed by atoms with E-state index in [2.05, 4.69) is 6.92 Å². The van der Waals surface area contributed by atoms with Crippen LogP contribution in [0.3, 0.4) is 0 Å². The number of aliphatic hydroxyl groups is 2. The summed E-state index contributed by atoms with van der Waals surface area (Å²) in [4.78, 5) is 36.9. The zero-order valence-corrected chi connectivity index (χ0v) is 27.7. The molecule has 8 atom stereocenters. The Kier molecular flexibility index (Phi) is 9.48. The summed E-state index contributed by atoms with van der Waals surface area (Å²) in [7, 11) is 1.57. The Morgan fingerprint density at radius 1 is 1.16 bits per heavy atom. The van der Waals surface area contributed by atoms with Gasteiger partial charge in [-0.05, 0) is 66.9 Å². The number of hydrogen-bond acceptors (Lipinski definition) is 10. The number of ether oxygens (including phenoxy) is 3. The van der Waals surface area contributed by atoms with Gasteiger partial charge in [0.2, 0.25) is 0 Å². The standard InChI is InChI=1S/C35H50O10/c1-8-9-10-11-12-23-13-21-14-25(37)29-19(2)28(21)31(43-23)30-26(41-7)15-22(18-42-20(3)36)24-16-33(4,5)35(24,40)27(38)17-34(30,6)45-44-32(29)39/h14-15,23-24,26-27,30-31,37-38,40H,8-13,16-18H2,1-7H3. The molecule has 3 N–H and O–H groups in total. The fourth-order valence-corrected chi connectivity index (χ4v) is 8.53.